The molecule has 1 aromatic heterocycles. The van der Waals surface area contributed by atoms with E-state index in [0.29, 0.717) is 6.54 Å². The van der Waals surface area contributed by atoms with Crippen molar-refractivity contribution in [3.63, 3.8) is 0 Å². The number of anilines is 1. The Bertz CT molecular complexity index is 635. The molecule has 0 radical (unpaired) electrons. The molecule has 3 heterocycles. The minimum Gasteiger partial charge on any atom is -0.342 e. The summed E-state index contributed by atoms with van der Waals surface area (Å²) in [5.41, 5.74) is 1.09. The molecule has 130 valence electrons. The third kappa shape index (κ3) is 3.62. The first-order valence-corrected chi connectivity index (χ1v) is 9.80. The molecule has 0 atom stereocenters. The number of rotatable bonds is 4. The molecule has 1 saturated heterocycles. The molecule has 0 bridgehead atoms. The van der Waals surface area contributed by atoms with Crippen LogP contribution in [-0.4, -0.2) is 52.8 Å². The molecule has 7 heteroatoms. The molecule has 1 aliphatic carbocycles. The van der Waals surface area contributed by atoms with Crippen LogP contribution in [0.5, 0.6) is 0 Å². The quantitative estimate of drug-likeness (QED) is 0.902. The number of thiazole rings is 1. The Morgan fingerprint density at radius 3 is 2.71 bits per heavy atom. The summed E-state index contributed by atoms with van der Waals surface area (Å²) in [6.45, 7) is 3.96. The number of hydrogen-bond acceptors (Lipinski definition) is 5. The SMILES string of the molecule is O=C(Nc1nc2c(s1)CN(CC(=O)N1CCCCC1)CC2)C1CC1. The van der Waals surface area contributed by atoms with Crippen LogP contribution in [0.3, 0.4) is 0 Å². The maximum Gasteiger partial charge on any atom is 0.236 e. The van der Waals surface area contributed by atoms with E-state index in [1.54, 1.807) is 11.3 Å². The van der Waals surface area contributed by atoms with Gasteiger partial charge in [-0.15, -0.1) is 11.3 Å². The average Bonchev–Trinajstić information content (AvgIpc) is 3.37. The highest BCUT2D eigenvalue weighted by molar-refractivity contribution is 7.15. The van der Waals surface area contributed by atoms with Gasteiger partial charge in [0.25, 0.3) is 0 Å². The predicted molar refractivity (Wildman–Crippen MR) is 92.9 cm³/mol. The predicted octanol–water partition coefficient (Wildman–Crippen LogP) is 1.86. The first-order chi connectivity index (χ1) is 11.7. The highest BCUT2D eigenvalue weighted by Crippen LogP contribution is 2.33. The minimum atomic E-state index is 0.109. The van der Waals surface area contributed by atoms with Crippen LogP contribution < -0.4 is 5.32 Å². The van der Waals surface area contributed by atoms with Gasteiger partial charge < -0.3 is 10.2 Å². The fraction of sp³-hybridized carbons (Fsp3) is 0.706. The summed E-state index contributed by atoms with van der Waals surface area (Å²) in [6, 6.07) is 0. The maximum atomic E-state index is 12.4. The van der Waals surface area contributed by atoms with Crippen molar-refractivity contribution in [1.82, 2.24) is 14.8 Å². The molecule has 0 unspecified atom stereocenters. The van der Waals surface area contributed by atoms with E-state index < -0.39 is 0 Å². The van der Waals surface area contributed by atoms with Crippen LogP contribution in [-0.2, 0) is 22.6 Å². The fourth-order valence-corrected chi connectivity index (χ4v) is 4.48. The molecule has 24 heavy (non-hydrogen) atoms. The van der Waals surface area contributed by atoms with Crippen LogP contribution in [0.15, 0.2) is 0 Å². The Morgan fingerprint density at radius 2 is 1.96 bits per heavy atom. The minimum absolute atomic E-state index is 0.109. The van der Waals surface area contributed by atoms with Gasteiger partial charge in [0.15, 0.2) is 5.13 Å². The van der Waals surface area contributed by atoms with Gasteiger partial charge in [-0.25, -0.2) is 4.98 Å². The van der Waals surface area contributed by atoms with E-state index in [0.717, 1.165) is 69.1 Å². The second-order valence-electron chi connectivity index (χ2n) is 7.05. The smallest absolute Gasteiger partial charge is 0.236 e. The highest BCUT2D eigenvalue weighted by Gasteiger charge is 2.31. The Balaban J connectivity index is 1.34. The first-order valence-electron chi connectivity index (χ1n) is 8.98. The molecule has 1 aromatic rings. The van der Waals surface area contributed by atoms with Crippen molar-refractivity contribution >= 4 is 28.3 Å². The number of hydrogen-bond donors (Lipinski definition) is 1. The number of amides is 2. The van der Waals surface area contributed by atoms with Crippen molar-refractivity contribution < 1.29 is 9.59 Å². The summed E-state index contributed by atoms with van der Waals surface area (Å²) in [5.74, 6) is 0.563. The van der Waals surface area contributed by atoms with Gasteiger partial charge in [0.2, 0.25) is 11.8 Å². The lowest BCUT2D eigenvalue weighted by molar-refractivity contribution is -0.133. The largest absolute Gasteiger partial charge is 0.342 e. The normalized spacial score (nSPS) is 21.4. The lowest BCUT2D eigenvalue weighted by Gasteiger charge is -2.31. The van der Waals surface area contributed by atoms with E-state index >= 15 is 0 Å². The molecule has 2 aliphatic heterocycles. The summed E-state index contributed by atoms with van der Waals surface area (Å²) in [6.07, 6.45) is 6.38. The van der Waals surface area contributed by atoms with Crippen molar-refractivity contribution in [2.24, 2.45) is 5.92 Å². The van der Waals surface area contributed by atoms with E-state index in [9.17, 15) is 9.59 Å². The topological polar surface area (TPSA) is 65.5 Å². The van der Waals surface area contributed by atoms with E-state index in [2.05, 4.69) is 15.2 Å². The van der Waals surface area contributed by atoms with Gasteiger partial charge in [0, 0.05) is 43.4 Å². The van der Waals surface area contributed by atoms with E-state index in [1.807, 2.05) is 4.90 Å². The zero-order valence-electron chi connectivity index (χ0n) is 13.9. The molecule has 0 aromatic carbocycles. The van der Waals surface area contributed by atoms with Crippen LogP contribution in [0.2, 0.25) is 0 Å². The van der Waals surface area contributed by atoms with Gasteiger partial charge in [0.1, 0.15) is 0 Å². The van der Waals surface area contributed by atoms with Crippen LogP contribution >= 0.6 is 11.3 Å². The molecular formula is C17H24N4O2S. The van der Waals surface area contributed by atoms with E-state index in [4.69, 9.17) is 0 Å². The molecule has 2 fully saturated rings. The Hall–Kier alpha value is -1.47. The van der Waals surface area contributed by atoms with Gasteiger partial charge in [0.05, 0.1) is 12.2 Å². The Morgan fingerprint density at radius 1 is 1.17 bits per heavy atom. The molecule has 4 rings (SSSR count). The molecular weight excluding hydrogens is 324 g/mol. The summed E-state index contributed by atoms with van der Waals surface area (Å²) in [5, 5.41) is 3.67. The van der Waals surface area contributed by atoms with Gasteiger partial charge >= 0.3 is 0 Å². The van der Waals surface area contributed by atoms with Crippen molar-refractivity contribution in [3.05, 3.63) is 10.6 Å². The zero-order valence-corrected chi connectivity index (χ0v) is 14.7. The summed E-state index contributed by atoms with van der Waals surface area (Å²) >= 11 is 1.57. The average molecular weight is 348 g/mol. The van der Waals surface area contributed by atoms with Gasteiger partial charge in [-0.3, -0.25) is 14.5 Å². The Labute approximate surface area is 146 Å². The molecule has 3 aliphatic rings. The molecule has 6 nitrogen and oxygen atoms in total. The second-order valence-corrected chi connectivity index (χ2v) is 8.14. The number of carbonyl (C=O) groups is 2. The zero-order chi connectivity index (χ0) is 16.5. The van der Waals surface area contributed by atoms with Crippen molar-refractivity contribution in [1.29, 1.82) is 0 Å². The third-order valence-electron chi connectivity index (χ3n) is 5.06. The lowest BCUT2D eigenvalue weighted by atomic mass is 10.1. The Kier molecular flexibility index (Phi) is 4.54. The van der Waals surface area contributed by atoms with E-state index in [-0.39, 0.29) is 17.7 Å². The van der Waals surface area contributed by atoms with Gasteiger partial charge in [-0.1, -0.05) is 0 Å². The van der Waals surface area contributed by atoms with Crippen molar-refractivity contribution in [3.8, 4) is 0 Å². The summed E-state index contributed by atoms with van der Waals surface area (Å²) in [7, 11) is 0. The van der Waals surface area contributed by atoms with Crippen LogP contribution in [0.25, 0.3) is 0 Å². The van der Waals surface area contributed by atoms with Crippen molar-refractivity contribution in [2.45, 2.75) is 45.1 Å². The number of piperidine rings is 1. The number of carbonyl (C=O) groups excluding carboxylic acids is 2. The first kappa shape index (κ1) is 16.0. The van der Waals surface area contributed by atoms with Crippen LogP contribution in [0.1, 0.15) is 42.7 Å². The number of fused-ring (bicyclic) bond motifs is 1. The summed E-state index contributed by atoms with van der Waals surface area (Å²) in [4.78, 5) is 34.3. The standard InChI is InChI=1S/C17H24N4O2S/c22-15(21-7-2-1-3-8-21)11-20-9-6-13-14(10-20)24-17(18-13)19-16(23)12-4-5-12/h12H,1-11H2,(H,18,19,23). The lowest BCUT2D eigenvalue weighted by Crippen LogP contribution is -2.43. The second kappa shape index (κ2) is 6.80. The number of likely N-dealkylation sites (tertiary alicyclic amines) is 1. The molecule has 2 amide bonds. The number of nitrogens with one attached hydrogen (secondary N) is 1. The van der Waals surface area contributed by atoms with Crippen LogP contribution in [0.4, 0.5) is 5.13 Å². The highest BCUT2D eigenvalue weighted by atomic mass is 32.1. The molecule has 1 N–H and O–H groups in total. The van der Waals surface area contributed by atoms with Crippen LogP contribution in [0, 0.1) is 5.92 Å². The third-order valence-corrected chi connectivity index (χ3v) is 6.05. The molecule has 0 spiro atoms. The summed E-state index contributed by atoms with van der Waals surface area (Å²) < 4.78 is 0. The van der Waals surface area contributed by atoms with Gasteiger partial charge in [-0.2, -0.15) is 0 Å². The monoisotopic (exact) mass is 348 g/mol. The van der Waals surface area contributed by atoms with E-state index in [1.165, 1.54) is 11.3 Å². The van der Waals surface area contributed by atoms with Crippen molar-refractivity contribution in [2.75, 3.05) is 31.5 Å². The fourth-order valence-electron chi connectivity index (χ4n) is 3.42. The molecule has 1 saturated carbocycles. The maximum absolute atomic E-state index is 12.4. The number of nitrogens with zero attached hydrogens (tertiary/aromatic N) is 3. The number of aromatic nitrogens is 1. The van der Waals surface area contributed by atoms with Gasteiger partial charge in [-0.05, 0) is 32.1 Å².